The summed E-state index contributed by atoms with van der Waals surface area (Å²) in [6, 6.07) is 3.29. The van der Waals surface area contributed by atoms with Gasteiger partial charge in [-0.1, -0.05) is 70.9 Å². The molecular formula is C25H43N3. The van der Waals surface area contributed by atoms with Crippen LogP contribution < -0.4 is 0 Å². The van der Waals surface area contributed by atoms with Gasteiger partial charge in [0.2, 0.25) is 0 Å². The van der Waals surface area contributed by atoms with E-state index in [0.29, 0.717) is 23.3 Å². The topological polar surface area (TPSA) is 30.3 Å². The minimum atomic E-state index is 0.101. The molecule has 2 saturated heterocycles. The lowest BCUT2D eigenvalue weighted by molar-refractivity contribution is -0.110. The van der Waals surface area contributed by atoms with Crippen molar-refractivity contribution in [2.24, 2.45) is 17.3 Å². The molecule has 0 radical (unpaired) electrons. The summed E-state index contributed by atoms with van der Waals surface area (Å²) in [4.78, 5) is 5.36. The fourth-order valence-electron chi connectivity index (χ4n) is 6.72. The van der Waals surface area contributed by atoms with Gasteiger partial charge >= 0.3 is 0 Å². The largest absolute Gasteiger partial charge is 0.303 e. The van der Waals surface area contributed by atoms with E-state index >= 15 is 0 Å². The molecule has 3 aliphatic heterocycles. The maximum absolute atomic E-state index is 10.0. The van der Waals surface area contributed by atoms with Crippen molar-refractivity contribution >= 4 is 0 Å². The van der Waals surface area contributed by atoms with Crippen molar-refractivity contribution in [3.05, 3.63) is 11.6 Å². The molecule has 0 amide bonds. The van der Waals surface area contributed by atoms with E-state index in [-0.39, 0.29) is 6.04 Å². The summed E-state index contributed by atoms with van der Waals surface area (Å²) in [5.41, 5.74) is 1.85. The van der Waals surface area contributed by atoms with Gasteiger partial charge in [-0.15, -0.1) is 0 Å². The van der Waals surface area contributed by atoms with E-state index in [9.17, 15) is 5.26 Å². The maximum atomic E-state index is 10.0. The van der Waals surface area contributed by atoms with Gasteiger partial charge in [0.15, 0.2) is 0 Å². The van der Waals surface area contributed by atoms with E-state index in [4.69, 9.17) is 0 Å². The molecule has 4 aliphatic rings. The van der Waals surface area contributed by atoms with Crippen LogP contribution in [0.3, 0.4) is 0 Å². The zero-order valence-electron chi connectivity index (χ0n) is 18.9. The lowest BCUT2D eigenvalue weighted by Crippen LogP contribution is -2.70. The van der Waals surface area contributed by atoms with Crippen LogP contribution >= 0.6 is 0 Å². The van der Waals surface area contributed by atoms with Gasteiger partial charge in [0, 0.05) is 30.5 Å². The molecule has 0 unspecified atom stereocenters. The molecule has 2 bridgehead atoms. The number of likely N-dealkylation sites (tertiary alicyclic amines) is 1. The first kappa shape index (κ1) is 21.8. The Labute approximate surface area is 174 Å². The third-order valence-corrected chi connectivity index (χ3v) is 7.93. The van der Waals surface area contributed by atoms with E-state index in [1.54, 1.807) is 5.57 Å². The average Bonchev–Trinajstić information content (AvgIpc) is 2.68. The Morgan fingerprint density at radius 1 is 1.07 bits per heavy atom. The molecule has 0 N–H and O–H groups in total. The molecule has 3 nitrogen and oxygen atoms in total. The van der Waals surface area contributed by atoms with Gasteiger partial charge in [-0.05, 0) is 45.2 Å². The van der Waals surface area contributed by atoms with Crippen LogP contribution in [0.15, 0.2) is 11.6 Å². The Kier molecular flexibility index (Phi) is 7.62. The van der Waals surface area contributed by atoms with E-state index in [1.165, 1.54) is 77.4 Å². The Morgan fingerprint density at radius 3 is 2.39 bits per heavy atom. The highest BCUT2D eigenvalue weighted by Gasteiger charge is 2.59. The van der Waals surface area contributed by atoms with Gasteiger partial charge in [-0.25, -0.2) is 0 Å². The third-order valence-electron chi connectivity index (χ3n) is 7.93. The molecule has 3 heterocycles. The second-order valence-electron chi connectivity index (χ2n) is 10.0. The predicted molar refractivity (Wildman–Crippen MR) is 118 cm³/mol. The smallest absolute Gasteiger partial charge is 0.105 e. The van der Waals surface area contributed by atoms with Crippen molar-refractivity contribution in [3.63, 3.8) is 0 Å². The monoisotopic (exact) mass is 385 g/mol. The van der Waals surface area contributed by atoms with Crippen LogP contribution in [0.25, 0.3) is 0 Å². The summed E-state index contributed by atoms with van der Waals surface area (Å²) >= 11 is 0. The molecule has 1 aliphatic carbocycles. The molecule has 0 aromatic carbocycles. The maximum Gasteiger partial charge on any atom is 0.105 e. The summed E-state index contributed by atoms with van der Waals surface area (Å²) in [5, 5.41) is 10.0. The van der Waals surface area contributed by atoms with Crippen LogP contribution in [0.5, 0.6) is 0 Å². The van der Waals surface area contributed by atoms with Crippen molar-refractivity contribution < 1.29 is 0 Å². The molecule has 0 aromatic rings. The molecule has 5 atom stereocenters. The first-order valence-electron chi connectivity index (χ1n) is 12.1. The summed E-state index contributed by atoms with van der Waals surface area (Å²) in [7, 11) is 0. The molecule has 28 heavy (non-hydrogen) atoms. The van der Waals surface area contributed by atoms with E-state index < -0.39 is 0 Å². The first-order chi connectivity index (χ1) is 13.6. The zero-order valence-corrected chi connectivity index (χ0v) is 18.9. The SMILES string of the molecule is CCCCCCN1CC[C@H]2[C@H]3C=C(C)[C@H](N(CCCCCC)[C@H]3C#N)[C@@]2(C)C1. The average molecular weight is 386 g/mol. The number of nitriles is 1. The molecule has 2 fully saturated rings. The summed E-state index contributed by atoms with van der Waals surface area (Å²) in [6.07, 6.45) is 14.3. The van der Waals surface area contributed by atoms with Crippen molar-refractivity contribution in [2.45, 2.75) is 97.6 Å². The van der Waals surface area contributed by atoms with Crippen molar-refractivity contribution in [3.8, 4) is 6.07 Å². The number of hydrogen-bond acceptors (Lipinski definition) is 3. The fraction of sp³-hybridized carbons (Fsp3) is 0.880. The van der Waals surface area contributed by atoms with Gasteiger partial charge in [0.25, 0.3) is 0 Å². The summed E-state index contributed by atoms with van der Waals surface area (Å²) < 4.78 is 0. The zero-order chi connectivity index (χ0) is 20.1. The summed E-state index contributed by atoms with van der Waals surface area (Å²) in [5.74, 6) is 1.12. The number of piperidine rings is 2. The van der Waals surface area contributed by atoms with Gasteiger partial charge in [0.05, 0.1) is 6.07 Å². The first-order valence-corrected chi connectivity index (χ1v) is 12.1. The number of hydrogen-bond donors (Lipinski definition) is 0. The number of unbranched alkanes of at least 4 members (excludes halogenated alkanes) is 6. The van der Waals surface area contributed by atoms with E-state index in [0.717, 1.165) is 6.54 Å². The van der Waals surface area contributed by atoms with Crippen LogP contribution in [0.4, 0.5) is 0 Å². The van der Waals surface area contributed by atoms with Crippen LogP contribution in [0.1, 0.15) is 85.5 Å². The molecule has 3 heteroatoms. The quantitative estimate of drug-likeness (QED) is 0.361. The second kappa shape index (κ2) is 9.77. The lowest BCUT2D eigenvalue weighted by Gasteiger charge is -2.64. The molecule has 0 saturated carbocycles. The number of nitrogens with zero attached hydrogens (tertiary/aromatic N) is 3. The van der Waals surface area contributed by atoms with Gasteiger partial charge in [-0.2, -0.15) is 5.26 Å². The Morgan fingerprint density at radius 2 is 1.75 bits per heavy atom. The predicted octanol–water partition coefficient (Wildman–Crippen LogP) is 5.63. The minimum absolute atomic E-state index is 0.101. The van der Waals surface area contributed by atoms with Crippen LogP contribution in [0.2, 0.25) is 0 Å². The van der Waals surface area contributed by atoms with Gasteiger partial charge in [0.1, 0.15) is 6.04 Å². The van der Waals surface area contributed by atoms with Crippen LogP contribution in [0, 0.1) is 28.6 Å². The van der Waals surface area contributed by atoms with Crippen LogP contribution in [-0.2, 0) is 0 Å². The molecule has 4 rings (SSSR count). The second-order valence-corrected chi connectivity index (χ2v) is 10.0. The fourth-order valence-corrected chi connectivity index (χ4v) is 6.72. The van der Waals surface area contributed by atoms with Gasteiger partial charge in [-0.3, -0.25) is 4.90 Å². The molecule has 0 aromatic heterocycles. The Balaban J connectivity index is 1.73. The van der Waals surface area contributed by atoms with E-state index in [1.807, 2.05) is 0 Å². The minimum Gasteiger partial charge on any atom is -0.303 e. The van der Waals surface area contributed by atoms with Crippen LogP contribution in [-0.4, -0.2) is 48.1 Å². The van der Waals surface area contributed by atoms with Crippen molar-refractivity contribution in [1.82, 2.24) is 9.80 Å². The summed E-state index contributed by atoms with van der Waals surface area (Å²) in [6.45, 7) is 14.3. The molecule has 158 valence electrons. The number of rotatable bonds is 10. The van der Waals surface area contributed by atoms with Gasteiger partial charge < -0.3 is 4.90 Å². The van der Waals surface area contributed by atoms with E-state index in [2.05, 4.69) is 49.6 Å². The molecule has 0 spiro atoms. The van der Waals surface area contributed by atoms with Crippen molar-refractivity contribution in [2.75, 3.05) is 26.2 Å². The Bertz CT molecular complexity index is 577. The van der Waals surface area contributed by atoms with Crippen molar-refractivity contribution in [1.29, 1.82) is 5.26 Å². The highest BCUT2D eigenvalue weighted by molar-refractivity contribution is 5.32. The molecular weight excluding hydrogens is 342 g/mol. The highest BCUT2D eigenvalue weighted by atomic mass is 15.3. The standard InChI is InChI=1S/C25H43N3/c1-5-7-9-11-14-27-16-13-22-21-17-20(3)24(25(22,4)19-27)28(23(21)18-26)15-12-10-8-6-2/h17,21-24H,5-16,19H2,1-4H3/t21-,22+,23+,24+,25+/m1/s1. The highest BCUT2D eigenvalue weighted by Crippen LogP contribution is 2.56. The lowest BCUT2D eigenvalue weighted by atomic mass is 9.53. The Hall–Kier alpha value is -0.850. The number of fused-ring (bicyclic) bond motifs is 1. The normalized spacial score (nSPS) is 35.5. The third kappa shape index (κ3) is 4.19.